The molecule has 0 aliphatic carbocycles. The lowest BCUT2D eigenvalue weighted by Crippen LogP contribution is -2.43. The van der Waals surface area contributed by atoms with Gasteiger partial charge in [-0.25, -0.2) is 4.79 Å². The van der Waals surface area contributed by atoms with Gasteiger partial charge in [0.2, 0.25) is 5.91 Å². The Hall–Kier alpha value is -3.92. The Kier molecular flexibility index (Phi) is 8.20. The number of hydrogen-bond donors (Lipinski definition) is 2. The van der Waals surface area contributed by atoms with E-state index in [-0.39, 0.29) is 30.2 Å². The van der Waals surface area contributed by atoms with Gasteiger partial charge in [0.05, 0.1) is 35.2 Å². The first-order valence-electron chi connectivity index (χ1n) is 10.4. The van der Waals surface area contributed by atoms with Crippen molar-refractivity contribution in [1.29, 1.82) is 0 Å². The number of nitrogens with one attached hydrogen (secondary N) is 2. The van der Waals surface area contributed by atoms with E-state index in [0.29, 0.717) is 11.3 Å². The maximum Gasteiger partial charge on any atom is 0.338 e. The third-order valence-electron chi connectivity index (χ3n) is 4.84. The van der Waals surface area contributed by atoms with Crippen LogP contribution in [0.2, 0.25) is 5.02 Å². The summed E-state index contributed by atoms with van der Waals surface area (Å²) in [5.41, 5.74) is 3.36. The van der Waals surface area contributed by atoms with E-state index in [9.17, 15) is 24.0 Å². The summed E-state index contributed by atoms with van der Waals surface area (Å²) in [4.78, 5) is 60.6. The van der Waals surface area contributed by atoms with E-state index >= 15 is 0 Å². The number of rotatable bonds is 8. The van der Waals surface area contributed by atoms with Crippen molar-refractivity contribution in [1.82, 2.24) is 10.4 Å². The van der Waals surface area contributed by atoms with Crippen LogP contribution in [0.5, 0.6) is 0 Å². The minimum Gasteiger partial charge on any atom is -0.462 e. The maximum atomic E-state index is 12.3. The van der Waals surface area contributed by atoms with Crippen molar-refractivity contribution >= 4 is 46.9 Å². The second-order valence-corrected chi connectivity index (χ2v) is 7.69. The molecule has 1 atom stereocenters. The molecule has 0 radical (unpaired) electrons. The van der Waals surface area contributed by atoms with Crippen molar-refractivity contribution in [2.75, 3.05) is 25.1 Å². The molecule has 3 rings (SSSR count). The molecule has 1 heterocycles. The molecule has 34 heavy (non-hydrogen) atoms. The Balaban J connectivity index is 1.46. The molecular formula is C23H22ClN3O7. The lowest BCUT2D eigenvalue weighted by atomic mass is 10.1. The number of esters is 2. The molecule has 2 N–H and O–H groups in total. The highest BCUT2D eigenvalue weighted by molar-refractivity contribution is 6.33. The first-order valence-corrected chi connectivity index (χ1v) is 10.8. The second kappa shape index (κ2) is 11.3. The molecule has 1 fully saturated rings. The van der Waals surface area contributed by atoms with Gasteiger partial charge in [0.15, 0.2) is 6.61 Å². The summed E-state index contributed by atoms with van der Waals surface area (Å²) < 4.78 is 9.91. The zero-order chi connectivity index (χ0) is 24.7. The third-order valence-corrected chi connectivity index (χ3v) is 5.17. The lowest BCUT2D eigenvalue weighted by molar-refractivity contribution is -0.151. The van der Waals surface area contributed by atoms with Crippen LogP contribution < -0.4 is 10.7 Å². The minimum absolute atomic E-state index is 0.0925. The number of carbonyl (C=O) groups excluding carboxylic acids is 5. The lowest BCUT2D eigenvalue weighted by Gasteiger charge is -2.18. The predicted molar refractivity (Wildman–Crippen MR) is 121 cm³/mol. The molecule has 178 valence electrons. The van der Waals surface area contributed by atoms with Crippen molar-refractivity contribution in [2.45, 2.75) is 13.3 Å². The summed E-state index contributed by atoms with van der Waals surface area (Å²) in [6.45, 7) is 1.30. The number of carbonyl (C=O) groups is 5. The van der Waals surface area contributed by atoms with Gasteiger partial charge in [-0.3, -0.25) is 29.6 Å². The van der Waals surface area contributed by atoms with Crippen LogP contribution in [-0.2, 0) is 23.9 Å². The summed E-state index contributed by atoms with van der Waals surface area (Å²) >= 11 is 5.99. The average molecular weight is 488 g/mol. The summed E-state index contributed by atoms with van der Waals surface area (Å²) in [6.07, 6.45) is -0.168. The normalized spacial score (nSPS) is 14.9. The van der Waals surface area contributed by atoms with Crippen LogP contribution >= 0.6 is 11.6 Å². The highest BCUT2D eigenvalue weighted by Crippen LogP contribution is 2.20. The SMILES string of the molecule is CCOC(=O)c1ccc(NC(=O)COC(=O)[C@H]2CC(=O)N(NC(=O)c3ccccc3Cl)C2)cc1. The molecule has 1 aliphatic heterocycles. The summed E-state index contributed by atoms with van der Waals surface area (Å²) in [5.74, 6) is -3.69. The molecule has 0 bridgehead atoms. The topological polar surface area (TPSA) is 131 Å². The number of nitrogens with zero attached hydrogens (tertiary/aromatic N) is 1. The smallest absolute Gasteiger partial charge is 0.338 e. The van der Waals surface area contributed by atoms with Crippen LogP contribution in [0.15, 0.2) is 48.5 Å². The highest BCUT2D eigenvalue weighted by atomic mass is 35.5. The number of anilines is 1. The fraction of sp³-hybridized carbons (Fsp3) is 0.261. The first-order chi connectivity index (χ1) is 16.3. The highest BCUT2D eigenvalue weighted by Gasteiger charge is 2.37. The minimum atomic E-state index is -0.837. The molecule has 11 heteroatoms. The maximum absolute atomic E-state index is 12.3. The van der Waals surface area contributed by atoms with Crippen LogP contribution in [0.1, 0.15) is 34.1 Å². The predicted octanol–water partition coefficient (Wildman–Crippen LogP) is 2.19. The zero-order valence-corrected chi connectivity index (χ0v) is 19.0. The zero-order valence-electron chi connectivity index (χ0n) is 18.2. The Bertz CT molecular complexity index is 1100. The summed E-state index contributed by atoms with van der Waals surface area (Å²) in [6, 6.07) is 12.4. The van der Waals surface area contributed by atoms with Crippen LogP contribution in [0.3, 0.4) is 0 Å². The largest absolute Gasteiger partial charge is 0.462 e. The van der Waals surface area contributed by atoms with Crippen molar-refractivity contribution in [3.63, 3.8) is 0 Å². The van der Waals surface area contributed by atoms with E-state index in [2.05, 4.69) is 10.7 Å². The van der Waals surface area contributed by atoms with Gasteiger partial charge in [-0.15, -0.1) is 0 Å². The molecule has 0 unspecified atom stereocenters. The van der Waals surface area contributed by atoms with Gasteiger partial charge < -0.3 is 14.8 Å². The van der Waals surface area contributed by atoms with E-state index in [1.807, 2.05) is 0 Å². The van der Waals surface area contributed by atoms with Gasteiger partial charge >= 0.3 is 11.9 Å². The summed E-state index contributed by atoms with van der Waals surface area (Å²) in [7, 11) is 0. The van der Waals surface area contributed by atoms with E-state index in [0.717, 1.165) is 5.01 Å². The van der Waals surface area contributed by atoms with E-state index in [4.69, 9.17) is 21.1 Å². The number of ether oxygens (including phenoxy) is 2. The number of hydrazine groups is 1. The quantitative estimate of drug-likeness (QED) is 0.545. The van der Waals surface area contributed by atoms with Gasteiger partial charge in [-0.05, 0) is 43.3 Å². The number of benzene rings is 2. The van der Waals surface area contributed by atoms with E-state index in [1.54, 1.807) is 25.1 Å². The fourth-order valence-electron chi connectivity index (χ4n) is 3.16. The third kappa shape index (κ3) is 6.32. The Labute approximate surface area is 200 Å². The molecule has 3 amide bonds. The second-order valence-electron chi connectivity index (χ2n) is 7.28. The van der Waals surface area contributed by atoms with Gasteiger partial charge in [-0.2, -0.15) is 0 Å². The molecule has 0 spiro atoms. The van der Waals surface area contributed by atoms with Crippen molar-refractivity contribution in [3.8, 4) is 0 Å². The number of hydrogen-bond acceptors (Lipinski definition) is 7. The number of amides is 3. The van der Waals surface area contributed by atoms with Crippen molar-refractivity contribution in [2.24, 2.45) is 5.92 Å². The molecule has 0 aromatic heterocycles. The molecule has 2 aromatic carbocycles. The first kappa shape index (κ1) is 24.7. The Morgan fingerprint density at radius 2 is 1.76 bits per heavy atom. The molecule has 2 aromatic rings. The molecule has 1 aliphatic rings. The van der Waals surface area contributed by atoms with Crippen LogP contribution in [-0.4, -0.2) is 54.4 Å². The van der Waals surface area contributed by atoms with Crippen LogP contribution in [0.25, 0.3) is 0 Å². The van der Waals surface area contributed by atoms with Crippen LogP contribution in [0.4, 0.5) is 5.69 Å². The van der Waals surface area contributed by atoms with Gasteiger partial charge in [0, 0.05) is 12.1 Å². The Morgan fingerprint density at radius 3 is 2.44 bits per heavy atom. The van der Waals surface area contributed by atoms with Crippen LogP contribution in [0, 0.1) is 5.92 Å². The molecule has 10 nitrogen and oxygen atoms in total. The van der Waals surface area contributed by atoms with E-state index < -0.39 is 42.2 Å². The average Bonchev–Trinajstić information content (AvgIpc) is 3.18. The monoisotopic (exact) mass is 487 g/mol. The fourth-order valence-corrected chi connectivity index (χ4v) is 3.38. The van der Waals surface area contributed by atoms with Crippen molar-refractivity contribution in [3.05, 3.63) is 64.7 Å². The van der Waals surface area contributed by atoms with Gasteiger partial charge in [-0.1, -0.05) is 23.7 Å². The van der Waals surface area contributed by atoms with E-state index in [1.165, 1.54) is 30.3 Å². The summed E-state index contributed by atoms with van der Waals surface area (Å²) in [5, 5.41) is 3.79. The standard InChI is InChI=1S/C23H22ClN3O7/c1-2-33-22(31)14-7-9-16(10-8-14)25-19(28)13-34-23(32)15-11-20(29)27(12-15)26-21(30)17-5-3-4-6-18(17)24/h3-10,15H,2,11-13H2,1H3,(H,25,28)(H,26,30)/t15-/m0/s1. The Morgan fingerprint density at radius 1 is 1.06 bits per heavy atom. The number of halogens is 1. The van der Waals surface area contributed by atoms with Gasteiger partial charge in [0.1, 0.15) is 0 Å². The molecule has 1 saturated heterocycles. The van der Waals surface area contributed by atoms with Gasteiger partial charge in [0.25, 0.3) is 11.8 Å². The molecular weight excluding hydrogens is 466 g/mol. The van der Waals surface area contributed by atoms with Crippen molar-refractivity contribution < 1.29 is 33.4 Å². The molecule has 0 saturated carbocycles.